The third kappa shape index (κ3) is 13.2. The van der Waals surface area contributed by atoms with Gasteiger partial charge in [0, 0.05) is 50.8 Å². The van der Waals surface area contributed by atoms with Crippen LogP contribution >= 0.6 is 0 Å². The molecule has 0 aromatic heterocycles. The fourth-order valence-corrected chi connectivity index (χ4v) is 30.5. The maximum absolute atomic E-state index is 12.2. The second-order valence-electron chi connectivity index (χ2n) is 11.4. The number of hydrogen-bond donors (Lipinski definition) is 6. The summed E-state index contributed by atoms with van der Waals surface area (Å²) in [7, 11) is -30.3. The van der Waals surface area contributed by atoms with Crippen LogP contribution in [-0.4, -0.2) is 113 Å². The first kappa shape index (κ1) is 40.7. The van der Waals surface area contributed by atoms with Crippen molar-refractivity contribution in [1.82, 2.24) is 0 Å². The predicted molar refractivity (Wildman–Crippen MR) is 180 cm³/mol. The molecule has 2 rings (SSSR count). The molecule has 0 bridgehead atoms. The molecule has 0 radical (unpaired) electrons. The molecular formula is C22H46O15Si8. The van der Waals surface area contributed by atoms with Gasteiger partial charge in [0.05, 0.1) is 0 Å². The highest BCUT2D eigenvalue weighted by Gasteiger charge is 2.63. The van der Waals surface area contributed by atoms with Crippen molar-refractivity contribution >= 4 is 80.3 Å². The van der Waals surface area contributed by atoms with Crippen molar-refractivity contribution in [2.75, 3.05) is 14.2 Å². The Morgan fingerprint density at radius 1 is 0.467 bits per heavy atom. The first-order valence-electron chi connectivity index (χ1n) is 13.7. The molecule has 0 aliphatic rings. The molecule has 0 fully saturated rings. The highest BCUT2D eigenvalue weighted by Crippen LogP contribution is 2.29. The molecule has 0 saturated carbocycles. The van der Waals surface area contributed by atoms with E-state index in [1.165, 1.54) is 47.0 Å². The molecular weight excluding hydrogens is 729 g/mol. The highest BCUT2D eigenvalue weighted by molar-refractivity contribution is 6.94. The van der Waals surface area contributed by atoms with Crippen molar-refractivity contribution < 1.29 is 66.4 Å². The molecule has 0 amide bonds. The molecule has 0 heterocycles. The van der Waals surface area contributed by atoms with Gasteiger partial charge in [-0.2, -0.15) is 0 Å². The van der Waals surface area contributed by atoms with E-state index in [2.05, 4.69) is 0 Å². The van der Waals surface area contributed by atoms with Gasteiger partial charge >= 0.3 is 69.9 Å². The Morgan fingerprint density at radius 2 is 0.956 bits per heavy atom. The Morgan fingerprint density at radius 3 is 1.38 bits per heavy atom. The van der Waals surface area contributed by atoms with E-state index in [4.69, 9.17) is 37.7 Å². The maximum atomic E-state index is 12.2. The number of benzene rings is 2. The first-order valence-corrected chi connectivity index (χ1v) is 32.0. The molecule has 5 atom stereocenters. The molecule has 5 unspecified atom stereocenters. The Balaban J connectivity index is 2.67. The van der Waals surface area contributed by atoms with Gasteiger partial charge in [-0.25, -0.2) is 0 Å². The summed E-state index contributed by atoms with van der Waals surface area (Å²) in [4.78, 5) is 65.5. The molecule has 0 saturated heterocycles. The van der Waals surface area contributed by atoms with Gasteiger partial charge in [-0.3, -0.25) is 0 Å². The van der Waals surface area contributed by atoms with Crippen molar-refractivity contribution in [3.63, 3.8) is 0 Å². The van der Waals surface area contributed by atoms with E-state index in [9.17, 15) is 28.8 Å². The van der Waals surface area contributed by atoms with Crippen molar-refractivity contribution in [3.05, 3.63) is 60.7 Å². The number of hydrogen-bond acceptors (Lipinski definition) is 15. The molecule has 0 aliphatic carbocycles. The molecule has 15 nitrogen and oxygen atoms in total. The lowest BCUT2D eigenvalue weighted by Crippen LogP contribution is -2.73. The fraction of sp³-hybridized carbons (Fsp3) is 0.455. The van der Waals surface area contributed by atoms with E-state index >= 15 is 0 Å². The van der Waals surface area contributed by atoms with Crippen molar-refractivity contribution in [2.24, 2.45) is 0 Å². The summed E-state index contributed by atoms with van der Waals surface area (Å²) in [6, 6.07) is 16.2. The fourth-order valence-electron chi connectivity index (χ4n) is 4.11. The van der Waals surface area contributed by atoms with Crippen molar-refractivity contribution in [2.45, 2.75) is 52.4 Å². The number of rotatable bonds is 18. The molecule has 2 aromatic carbocycles. The maximum Gasteiger partial charge on any atom is 0.518 e. The molecule has 0 aliphatic heterocycles. The van der Waals surface area contributed by atoms with Crippen LogP contribution < -0.4 is 10.4 Å². The average molecular weight is 775 g/mol. The quantitative estimate of drug-likeness (QED) is 0.108. The van der Waals surface area contributed by atoms with Gasteiger partial charge in [-0.1, -0.05) is 60.7 Å². The van der Waals surface area contributed by atoms with E-state index in [1.54, 1.807) is 73.8 Å². The second kappa shape index (κ2) is 15.0. The summed E-state index contributed by atoms with van der Waals surface area (Å²) in [5, 5.41) is 0.443. The lowest BCUT2D eigenvalue weighted by Gasteiger charge is -2.43. The first-order chi connectivity index (χ1) is 20.3. The van der Waals surface area contributed by atoms with E-state index in [-0.39, 0.29) is 10.4 Å². The van der Waals surface area contributed by atoms with E-state index in [0.717, 1.165) is 6.55 Å². The zero-order valence-electron chi connectivity index (χ0n) is 27.1. The summed E-state index contributed by atoms with van der Waals surface area (Å²) >= 11 is 0. The average Bonchev–Trinajstić information content (AvgIpc) is 2.85. The van der Waals surface area contributed by atoms with Crippen LogP contribution in [0.25, 0.3) is 0 Å². The van der Waals surface area contributed by atoms with Gasteiger partial charge in [0.1, 0.15) is 0 Å². The largest absolute Gasteiger partial charge is 0.518 e. The van der Waals surface area contributed by atoms with E-state index in [0.29, 0.717) is 0 Å². The third-order valence-corrected chi connectivity index (χ3v) is 29.6. The minimum atomic E-state index is -4.63. The summed E-state index contributed by atoms with van der Waals surface area (Å²) in [5.74, 6) is 0. The molecule has 23 heteroatoms. The summed E-state index contributed by atoms with van der Waals surface area (Å²) < 4.78 is 53.3. The van der Waals surface area contributed by atoms with Gasteiger partial charge in [-0.05, 0) is 26.2 Å². The van der Waals surface area contributed by atoms with E-state index < -0.39 is 69.9 Å². The van der Waals surface area contributed by atoms with Gasteiger partial charge in [0.15, 0.2) is 0 Å². The Kier molecular flexibility index (Phi) is 13.6. The molecule has 2 aromatic rings. The normalized spacial score (nSPS) is 19.9. The van der Waals surface area contributed by atoms with Crippen LogP contribution in [0.15, 0.2) is 60.7 Å². The lowest BCUT2D eigenvalue weighted by molar-refractivity contribution is 0.0928. The van der Waals surface area contributed by atoms with Crippen molar-refractivity contribution in [1.29, 1.82) is 0 Å². The minimum Gasteiger partial charge on any atom is -0.411 e. The van der Waals surface area contributed by atoms with Gasteiger partial charge in [0.25, 0.3) is 0 Å². The monoisotopic (exact) mass is 774 g/mol. The van der Waals surface area contributed by atoms with Crippen LogP contribution in [0, 0.1) is 0 Å². The topological polar surface area (TPSA) is 204 Å². The van der Waals surface area contributed by atoms with Gasteiger partial charge < -0.3 is 66.4 Å². The lowest BCUT2D eigenvalue weighted by atomic mass is 10.4. The Bertz CT molecular complexity index is 1220. The third-order valence-electron chi connectivity index (χ3n) is 5.57. The van der Waals surface area contributed by atoms with Crippen LogP contribution in [0.3, 0.4) is 0 Å². The molecule has 256 valence electrons. The summed E-state index contributed by atoms with van der Waals surface area (Å²) in [6.07, 6.45) is 0. The van der Waals surface area contributed by atoms with Gasteiger partial charge in [-0.15, -0.1) is 0 Å². The van der Waals surface area contributed by atoms with Crippen LogP contribution in [-0.2, 0) is 37.7 Å². The van der Waals surface area contributed by atoms with Gasteiger partial charge in [0.2, 0.25) is 0 Å². The predicted octanol–water partition coefficient (Wildman–Crippen LogP) is -0.280. The summed E-state index contributed by atoms with van der Waals surface area (Å²) in [6.45, 7) is 11.2. The van der Waals surface area contributed by atoms with Crippen LogP contribution in [0.2, 0.25) is 52.4 Å². The van der Waals surface area contributed by atoms with Crippen LogP contribution in [0.4, 0.5) is 0 Å². The molecule has 45 heavy (non-hydrogen) atoms. The van der Waals surface area contributed by atoms with E-state index in [1.807, 2.05) is 0 Å². The minimum absolute atomic E-state index is 0.217. The van der Waals surface area contributed by atoms with Crippen molar-refractivity contribution in [3.8, 4) is 0 Å². The zero-order valence-corrected chi connectivity index (χ0v) is 35.1. The van der Waals surface area contributed by atoms with Crippen LogP contribution in [0.5, 0.6) is 0 Å². The smallest absolute Gasteiger partial charge is 0.411 e. The second-order valence-corrected chi connectivity index (χ2v) is 34.3. The Labute approximate surface area is 273 Å². The summed E-state index contributed by atoms with van der Waals surface area (Å²) in [5.41, 5.74) is 0. The highest BCUT2D eigenvalue weighted by atomic mass is 28.5. The Hall–Kier alpha value is -0.425. The standard InChI is InChI=1S/C22H46O15Si8/c1-29-41(8,26)35-45(34-40(7,24)25,22-19-15-12-16-20-22)37-43(10,30-2)36-44(28,21-17-13-11-14-18-21)33-39(5,6)32-42(9,27)31-38(3,4)23/h11-20,23-28H,1-10H3. The molecule has 0 spiro atoms. The molecule has 6 N–H and O–H groups in total. The zero-order chi connectivity index (χ0) is 34.6. The SMILES string of the molecule is CO[Si](C)(O)O[Si](O[Si](C)(O)O)(O[Si](C)(OC)O[Si](O)(O[Si](C)(C)O[Si](C)(O)O[Si](C)(C)O)c1ccccc1)c1ccccc1. The van der Waals surface area contributed by atoms with Crippen LogP contribution in [0.1, 0.15) is 0 Å².